The van der Waals surface area contributed by atoms with Gasteiger partial charge in [0, 0.05) is 51.2 Å². The number of nitrogens with zero attached hydrogens (tertiary/aromatic N) is 4. The van der Waals surface area contributed by atoms with Crippen LogP contribution in [0.15, 0.2) is 29.6 Å². The average molecular weight is 433 g/mol. The van der Waals surface area contributed by atoms with Crippen LogP contribution in [0.3, 0.4) is 0 Å². The molecule has 9 heteroatoms. The molecular formula is C21H28N4O4S. The highest BCUT2D eigenvalue weighted by Gasteiger charge is 2.23. The molecule has 3 heterocycles. The molecule has 2 aliphatic rings. The molecule has 8 nitrogen and oxygen atoms in total. The van der Waals surface area contributed by atoms with Crippen LogP contribution in [-0.4, -0.2) is 86.9 Å². The summed E-state index contributed by atoms with van der Waals surface area (Å²) in [6, 6.07) is 7.25. The van der Waals surface area contributed by atoms with E-state index in [0.29, 0.717) is 18.8 Å². The highest BCUT2D eigenvalue weighted by Crippen LogP contribution is 2.23. The van der Waals surface area contributed by atoms with E-state index in [2.05, 4.69) is 15.2 Å². The third-order valence-electron chi connectivity index (χ3n) is 5.35. The monoisotopic (exact) mass is 432 g/mol. The lowest BCUT2D eigenvalue weighted by Crippen LogP contribution is -2.50. The molecule has 1 amide bonds. The second-order valence-corrected chi connectivity index (χ2v) is 8.18. The summed E-state index contributed by atoms with van der Waals surface area (Å²) in [5.41, 5.74) is 1.11. The molecule has 0 bridgehead atoms. The number of aromatic nitrogens is 1. The van der Waals surface area contributed by atoms with Gasteiger partial charge in [0.1, 0.15) is 11.5 Å². The van der Waals surface area contributed by atoms with E-state index in [4.69, 9.17) is 19.2 Å². The van der Waals surface area contributed by atoms with E-state index in [1.165, 1.54) is 0 Å². The molecule has 0 N–H and O–H groups in total. The Bertz CT molecular complexity index is 815. The first-order chi connectivity index (χ1) is 14.7. The fourth-order valence-corrected chi connectivity index (χ4v) is 4.43. The largest absolute Gasteiger partial charge is 0.497 e. The van der Waals surface area contributed by atoms with Gasteiger partial charge in [-0.1, -0.05) is 0 Å². The Morgan fingerprint density at radius 3 is 2.47 bits per heavy atom. The van der Waals surface area contributed by atoms with Gasteiger partial charge in [-0.15, -0.1) is 11.3 Å². The first-order valence-corrected chi connectivity index (χ1v) is 11.1. The Morgan fingerprint density at radius 2 is 1.77 bits per heavy atom. The smallest absolute Gasteiger partial charge is 0.260 e. The number of carbonyl (C=O) groups is 1. The standard InChI is InChI=1S/C21H28N4O4S/c1-27-18-2-4-19(5-3-18)29-15-20(26)24-6-8-25(9-7-24)21-22-17(16-30-21)14-23-10-12-28-13-11-23/h2-5,16H,6-15H2,1H3. The number of rotatable bonds is 7. The number of thiazole rings is 1. The van der Waals surface area contributed by atoms with Gasteiger partial charge in [-0.05, 0) is 24.3 Å². The van der Waals surface area contributed by atoms with Crippen molar-refractivity contribution >= 4 is 22.4 Å². The second kappa shape index (κ2) is 10.1. The van der Waals surface area contributed by atoms with E-state index >= 15 is 0 Å². The van der Waals surface area contributed by atoms with Crippen LogP contribution in [0.25, 0.3) is 0 Å². The van der Waals surface area contributed by atoms with Crippen LogP contribution in [-0.2, 0) is 16.1 Å². The van der Waals surface area contributed by atoms with Gasteiger partial charge >= 0.3 is 0 Å². The second-order valence-electron chi connectivity index (χ2n) is 7.34. The molecule has 0 unspecified atom stereocenters. The van der Waals surface area contributed by atoms with Gasteiger partial charge in [0.25, 0.3) is 5.91 Å². The van der Waals surface area contributed by atoms with Crippen molar-refractivity contribution < 1.29 is 19.0 Å². The molecule has 0 radical (unpaired) electrons. The summed E-state index contributed by atoms with van der Waals surface area (Å²) in [7, 11) is 1.62. The van der Waals surface area contributed by atoms with E-state index in [0.717, 1.165) is 62.5 Å². The molecular weight excluding hydrogens is 404 g/mol. The van der Waals surface area contributed by atoms with Crippen LogP contribution in [0.4, 0.5) is 5.13 Å². The number of benzene rings is 1. The van der Waals surface area contributed by atoms with E-state index in [1.807, 2.05) is 17.0 Å². The van der Waals surface area contributed by atoms with Gasteiger partial charge in [0.2, 0.25) is 0 Å². The van der Waals surface area contributed by atoms with Crippen molar-refractivity contribution in [3.63, 3.8) is 0 Å². The first kappa shape index (κ1) is 20.9. The van der Waals surface area contributed by atoms with Crippen molar-refractivity contribution in [3.05, 3.63) is 35.3 Å². The summed E-state index contributed by atoms with van der Waals surface area (Å²) >= 11 is 1.68. The lowest BCUT2D eigenvalue weighted by molar-refractivity contribution is -0.133. The molecule has 1 aromatic carbocycles. The number of ether oxygens (including phenoxy) is 3. The molecule has 4 rings (SSSR count). The molecule has 162 valence electrons. The number of hydrogen-bond donors (Lipinski definition) is 0. The number of hydrogen-bond acceptors (Lipinski definition) is 8. The molecule has 0 spiro atoms. The van der Waals surface area contributed by atoms with E-state index < -0.39 is 0 Å². The maximum absolute atomic E-state index is 12.5. The zero-order valence-corrected chi connectivity index (χ0v) is 18.1. The highest BCUT2D eigenvalue weighted by atomic mass is 32.1. The minimum Gasteiger partial charge on any atom is -0.497 e. The van der Waals surface area contributed by atoms with Gasteiger partial charge < -0.3 is 24.0 Å². The van der Waals surface area contributed by atoms with Gasteiger partial charge in [-0.25, -0.2) is 4.98 Å². The summed E-state index contributed by atoms with van der Waals surface area (Å²) < 4.78 is 16.2. The van der Waals surface area contributed by atoms with Gasteiger partial charge in [-0.3, -0.25) is 9.69 Å². The number of morpholine rings is 1. The summed E-state index contributed by atoms with van der Waals surface area (Å²) in [6.45, 7) is 7.40. The molecule has 1 aromatic heterocycles. The van der Waals surface area contributed by atoms with Crippen molar-refractivity contribution in [2.24, 2.45) is 0 Å². The zero-order chi connectivity index (χ0) is 20.8. The number of amides is 1. The predicted octanol–water partition coefficient (Wildman–Crippen LogP) is 1.71. The highest BCUT2D eigenvalue weighted by molar-refractivity contribution is 7.13. The van der Waals surface area contributed by atoms with Gasteiger partial charge in [0.05, 0.1) is 26.0 Å². The van der Waals surface area contributed by atoms with E-state index in [9.17, 15) is 4.79 Å². The Labute approximate surface area is 180 Å². The Balaban J connectivity index is 1.21. The minimum atomic E-state index is 0.0117. The summed E-state index contributed by atoms with van der Waals surface area (Å²) in [4.78, 5) is 23.8. The van der Waals surface area contributed by atoms with Crippen molar-refractivity contribution in [3.8, 4) is 11.5 Å². The summed E-state index contributed by atoms with van der Waals surface area (Å²) in [6.07, 6.45) is 0. The quantitative estimate of drug-likeness (QED) is 0.660. The fourth-order valence-electron chi connectivity index (χ4n) is 3.56. The summed E-state index contributed by atoms with van der Waals surface area (Å²) in [5.74, 6) is 1.44. The zero-order valence-electron chi connectivity index (χ0n) is 17.3. The van der Waals surface area contributed by atoms with Gasteiger partial charge in [-0.2, -0.15) is 0 Å². The molecule has 2 saturated heterocycles. The lowest BCUT2D eigenvalue weighted by Gasteiger charge is -2.34. The topological polar surface area (TPSA) is 67.4 Å². The predicted molar refractivity (Wildman–Crippen MR) is 115 cm³/mol. The number of piperazine rings is 1. The van der Waals surface area contributed by atoms with Crippen LogP contribution < -0.4 is 14.4 Å². The Hall–Kier alpha value is -2.36. The SMILES string of the molecule is COc1ccc(OCC(=O)N2CCN(c3nc(CN4CCOCC4)cs3)CC2)cc1. The van der Waals surface area contributed by atoms with Crippen LogP contribution in [0.2, 0.25) is 0 Å². The van der Waals surface area contributed by atoms with Crippen molar-refractivity contribution in [1.82, 2.24) is 14.8 Å². The molecule has 2 fully saturated rings. The third-order valence-corrected chi connectivity index (χ3v) is 6.30. The van der Waals surface area contributed by atoms with Crippen LogP contribution in [0.1, 0.15) is 5.69 Å². The molecule has 2 aliphatic heterocycles. The molecule has 2 aromatic rings. The van der Waals surface area contributed by atoms with Crippen molar-refractivity contribution in [1.29, 1.82) is 0 Å². The Morgan fingerprint density at radius 1 is 1.07 bits per heavy atom. The maximum atomic E-state index is 12.5. The fraction of sp³-hybridized carbons (Fsp3) is 0.524. The van der Waals surface area contributed by atoms with Crippen LogP contribution >= 0.6 is 11.3 Å². The van der Waals surface area contributed by atoms with Gasteiger partial charge in [0.15, 0.2) is 11.7 Å². The van der Waals surface area contributed by atoms with Crippen LogP contribution in [0, 0.1) is 0 Å². The Kier molecular flexibility index (Phi) is 7.03. The van der Waals surface area contributed by atoms with Crippen LogP contribution in [0.5, 0.6) is 11.5 Å². The van der Waals surface area contributed by atoms with Crippen molar-refractivity contribution in [2.45, 2.75) is 6.54 Å². The lowest BCUT2D eigenvalue weighted by atomic mass is 10.3. The number of methoxy groups -OCH3 is 1. The number of anilines is 1. The normalized spacial score (nSPS) is 17.8. The van der Waals surface area contributed by atoms with E-state index in [-0.39, 0.29) is 12.5 Å². The molecule has 0 aliphatic carbocycles. The number of carbonyl (C=O) groups excluding carboxylic acids is 1. The van der Waals surface area contributed by atoms with Crippen molar-refractivity contribution in [2.75, 3.05) is 71.1 Å². The first-order valence-electron chi connectivity index (χ1n) is 10.3. The minimum absolute atomic E-state index is 0.0117. The molecule has 0 saturated carbocycles. The third kappa shape index (κ3) is 5.41. The molecule has 30 heavy (non-hydrogen) atoms. The summed E-state index contributed by atoms with van der Waals surface area (Å²) in [5, 5.41) is 3.19. The van der Waals surface area contributed by atoms with E-state index in [1.54, 1.807) is 30.6 Å². The maximum Gasteiger partial charge on any atom is 0.260 e. The molecule has 0 atom stereocenters. The average Bonchev–Trinajstić information content (AvgIpc) is 3.27.